The van der Waals surface area contributed by atoms with Crippen molar-refractivity contribution in [2.75, 3.05) is 19.0 Å². The molecule has 3 aromatic rings. The maximum Gasteiger partial charge on any atom is 0.351 e. The molecule has 0 saturated carbocycles. The first-order valence-electron chi connectivity index (χ1n) is 7.60. The summed E-state index contributed by atoms with van der Waals surface area (Å²) in [6.45, 7) is -0.564. The third kappa shape index (κ3) is 4.09. The van der Waals surface area contributed by atoms with Crippen LogP contribution in [0.1, 0.15) is 9.67 Å². The van der Waals surface area contributed by atoms with Gasteiger partial charge in [0.2, 0.25) is 0 Å². The summed E-state index contributed by atoms with van der Waals surface area (Å²) in [7, 11) is 1.31. The monoisotopic (exact) mass is 404 g/mol. The molecule has 0 aliphatic heterocycles. The Hall–Kier alpha value is -3.87. The van der Waals surface area contributed by atoms with Gasteiger partial charge in [0.05, 0.1) is 29.5 Å². The average Bonchev–Trinajstić information content (AvgIpc) is 3.37. The van der Waals surface area contributed by atoms with Crippen molar-refractivity contribution in [3.8, 4) is 11.4 Å². The minimum absolute atomic E-state index is 0.105. The Morgan fingerprint density at radius 3 is 2.86 bits per heavy atom. The zero-order chi connectivity index (χ0) is 20.1. The molecule has 13 heteroatoms. The number of carbonyl (C=O) groups is 2. The average molecular weight is 404 g/mol. The van der Waals surface area contributed by atoms with Crippen molar-refractivity contribution in [3.63, 3.8) is 0 Å². The minimum atomic E-state index is -0.716. The van der Waals surface area contributed by atoms with Gasteiger partial charge in [-0.15, -0.1) is 16.4 Å². The summed E-state index contributed by atoms with van der Waals surface area (Å²) in [6.07, 6.45) is 1.33. The molecular weight excluding hydrogens is 392 g/mol. The summed E-state index contributed by atoms with van der Waals surface area (Å²) in [4.78, 5) is 34.8. The molecule has 0 saturated heterocycles. The minimum Gasteiger partial charge on any atom is -0.494 e. The van der Waals surface area contributed by atoms with E-state index in [0.717, 1.165) is 11.3 Å². The highest BCUT2D eigenvalue weighted by molar-refractivity contribution is 7.12. The van der Waals surface area contributed by atoms with Gasteiger partial charge in [0.1, 0.15) is 17.0 Å². The maximum absolute atomic E-state index is 12.2. The van der Waals surface area contributed by atoms with Crippen LogP contribution in [0, 0.1) is 10.1 Å². The first-order valence-corrected chi connectivity index (χ1v) is 8.48. The van der Waals surface area contributed by atoms with Crippen LogP contribution in [-0.4, -0.2) is 50.7 Å². The maximum atomic E-state index is 12.2. The van der Waals surface area contributed by atoms with E-state index in [2.05, 4.69) is 20.8 Å². The van der Waals surface area contributed by atoms with Crippen LogP contribution >= 0.6 is 11.3 Å². The number of methoxy groups -OCH3 is 1. The lowest BCUT2D eigenvalue weighted by molar-refractivity contribution is -0.384. The Labute approximate surface area is 160 Å². The number of nitrogens with one attached hydrogen (secondary N) is 1. The molecule has 2 aromatic heterocycles. The Kier molecular flexibility index (Phi) is 5.55. The molecular formula is C15H12N6O6S. The SMILES string of the molecule is COc1cc([N+](=O)[O-])ccc1NC(=O)COC(=O)c1sccc1-n1cnnn1. The third-order valence-corrected chi connectivity index (χ3v) is 4.31. The van der Waals surface area contributed by atoms with Gasteiger partial charge in [0, 0.05) is 6.07 Å². The molecule has 1 amide bonds. The molecule has 0 atom stereocenters. The van der Waals surface area contributed by atoms with Crippen molar-refractivity contribution in [2.45, 2.75) is 0 Å². The smallest absolute Gasteiger partial charge is 0.351 e. The highest BCUT2D eigenvalue weighted by Crippen LogP contribution is 2.29. The van der Waals surface area contributed by atoms with Crippen LogP contribution in [0.4, 0.5) is 11.4 Å². The van der Waals surface area contributed by atoms with Gasteiger partial charge in [-0.1, -0.05) is 0 Å². The number of hydrogen-bond donors (Lipinski definition) is 1. The Bertz CT molecular complexity index is 1020. The summed E-state index contributed by atoms with van der Waals surface area (Å²) in [6, 6.07) is 5.35. The number of tetrazole rings is 1. The van der Waals surface area contributed by atoms with E-state index in [4.69, 9.17) is 9.47 Å². The number of anilines is 1. The molecule has 0 unspecified atom stereocenters. The fraction of sp³-hybridized carbons (Fsp3) is 0.133. The van der Waals surface area contributed by atoms with Gasteiger partial charge >= 0.3 is 5.97 Å². The second-order valence-electron chi connectivity index (χ2n) is 5.16. The number of nitro benzene ring substituents is 1. The van der Waals surface area contributed by atoms with E-state index in [9.17, 15) is 19.7 Å². The van der Waals surface area contributed by atoms with Crippen molar-refractivity contribution in [2.24, 2.45) is 0 Å². The molecule has 0 radical (unpaired) electrons. The van der Waals surface area contributed by atoms with Crippen LogP contribution < -0.4 is 10.1 Å². The number of ether oxygens (including phenoxy) is 2. The number of non-ortho nitro benzene ring substituents is 1. The molecule has 1 N–H and O–H groups in total. The van der Waals surface area contributed by atoms with Crippen LogP contribution in [0.25, 0.3) is 5.69 Å². The van der Waals surface area contributed by atoms with E-state index in [0.29, 0.717) is 5.69 Å². The number of carbonyl (C=O) groups excluding carboxylic acids is 2. The normalized spacial score (nSPS) is 10.3. The van der Waals surface area contributed by atoms with Gasteiger partial charge in [0.15, 0.2) is 6.61 Å². The summed E-state index contributed by atoms with van der Waals surface area (Å²) in [5, 5.41) is 25.6. The zero-order valence-corrected chi connectivity index (χ0v) is 15.1. The summed E-state index contributed by atoms with van der Waals surface area (Å²) < 4.78 is 11.4. The van der Waals surface area contributed by atoms with Gasteiger partial charge in [-0.25, -0.2) is 4.79 Å². The van der Waals surface area contributed by atoms with Gasteiger partial charge in [-0.3, -0.25) is 14.9 Å². The van der Waals surface area contributed by atoms with E-state index < -0.39 is 23.4 Å². The quantitative estimate of drug-likeness (QED) is 0.350. The van der Waals surface area contributed by atoms with E-state index in [1.807, 2.05) is 0 Å². The molecule has 0 aliphatic carbocycles. The van der Waals surface area contributed by atoms with E-state index in [-0.39, 0.29) is 22.0 Å². The molecule has 1 aromatic carbocycles. The molecule has 28 heavy (non-hydrogen) atoms. The number of hydrogen-bond acceptors (Lipinski definition) is 10. The fourth-order valence-corrected chi connectivity index (χ4v) is 2.96. The standard InChI is InChI=1S/C15H12N6O6S/c1-26-12-6-9(21(24)25)2-3-10(12)17-13(22)7-27-15(23)14-11(4-5-28-14)20-8-16-18-19-20/h2-6,8H,7H2,1H3,(H,17,22). The summed E-state index contributed by atoms with van der Waals surface area (Å²) >= 11 is 1.12. The number of benzene rings is 1. The topological polar surface area (TPSA) is 151 Å². The van der Waals surface area contributed by atoms with Gasteiger partial charge < -0.3 is 14.8 Å². The number of rotatable bonds is 7. The van der Waals surface area contributed by atoms with Crippen LogP contribution in [0.3, 0.4) is 0 Å². The second-order valence-corrected chi connectivity index (χ2v) is 6.07. The number of nitro groups is 1. The van der Waals surface area contributed by atoms with Crippen molar-refractivity contribution in [1.29, 1.82) is 0 Å². The molecule has 12 nitrogen and oxygen atoms in total. The first-order chi connectivity index (χ1) is 13.5. The van der Waals surface area contributed by atoms with Crippen LogP contribution in [0.2, 0.25) is 0 Å². The Morgan fingerprint density at radius 2 is 2.18 bits per heavy atom. The highest BCUT2D eigenvalue weighted by atomic mass is 32.1. The summed E-state index contributed by atoms with van der Waals surface area (Å²) in [5.74, 6) is -1.25. The van der Waals surface area contributed by atoms with Crippen LogP contribution in [0.15, 0.2) is 36.0 Å². The zero-order valence-electron chi connectivity index (χ0n) is 14.3. The number of thiophene rings is 1. The highest BCUT2D eigenvalue weighted by Gasteiger charge is 2.19. The van der Waals surface area contributed by atoms with E-state index in [1.54, 1.807) is 11.4 Å². The molecule has 2 heterocycles. The van der Waals surface area contributed by atoms with E-state index >= 15 is 0 Å². The first kappa shape index (κ1) is 18.9. The van der Waals surface area contributed by atoms with Crippen molar-refractivity contribution in [3.05, 3.63) is 51.0 Å². The van der Waals surface area contributed by atoms with Crippen LogP contribution in [0.5, 0.6) is 5.75 Å². The number of aromatic nitrogens is 4. The molecule has 0 aliphatic rings. The van der Waals surface area contributed by atoms with Crippen molar-refractivity contribution >= 4 is 34.6 Å². The molecule has 0 fully saturated rings. The molecule has 0 spiro atoms. The molecule has 3 rings (SSSR count). The third-order valence-electron chi connectivity index (χ3n) is 3.43. The predicted molar refractivity (Wildman–Crippen MR) is 95.6 cm³/mol. The number of amides is 1. The second kappa shape index (κ2) is 8.22. The van der Waals surface area contributed by atoms with Gasteiger partial charge in [0.25, 0.3) is 11.6 Å². The predicted octanol–water partition coefficient (Wildman–Crippen LogP) is 1.44. The lowest BCUT2D eigenvalue weighted by Gasteiger charge is -2.10. The Morgan fingerprint density at radius 1 is 1.36 bits per heavy atom. The van der Waals surface area contributed by atoms with Crippen molar-refractivity contribution in [1.82, 2.24) is 20.2 Å². The Balaban J connectivity index is 1.63. The van der Waals surface area contributed by atoms with Gasteiger partial charge in [-0.2, -0.15) is 4.68 Å². The number of nitrogens with zero attached hydrogens (tertiary/aromatic N) is 5. The fourth-order valence-electron chi connectivity index (χ4n) is 2.19. The van der Waals surface area contributed by atoms with Gasteiger partial charge in [-0.05, 0) is 27.9 Å². The largest absolute Gasteiger partial charge is 0.494 e. The van der Waals surface area contributed by atoms with Crippen molar-refractivity contribution < 1.29 is 24.0 Å². The molecule has 144 valence electrons. The summed E-state index contributed by atoms with van der Waals surface area (Å²) in [5.41, 5.74) is 0.450. The molecule has 0 bridgehead atoms. The lowest BCUT2D eigenvalue weighted by atomic mass is 10.2. The van der Waals surface area contributed by atoms with E-state index in [1.165, 1.54) is 36.3 Å². The lowest BCUT2D eigenvalue weighted by Crippen LogP contribution is -2.21. The number of esters is 1. The van der Waals surface area contributed by atoms with Crippen LogP contribution in [-0.2, 0) is 9.53 Å².